The van der Waals surface area contributed by atoms with Crippen LogP contribution in [-0.2, 0) is 14.3 Å². The van der Waals surface area contributed by atoms with E-state index in [2.05, 4.69) is 43.5 Å². The molecule has 0 bridgehead atoms. The van der Waals surface area contributed by atoms with Gasteiger partial charge in [-0.15, -0.1) is 0 Å². The topological polar surface area (TPSA) is 95.9 Å². The van der Waals surface area contributed by atoms with E-state index in [1.807, 2.05) is 0 Å². The fourth-order valence-electron chi connectivity index (χ4n) is 11.9. The number of aliphatic hydroxyl groups excluding tert-OH is 2. The lowest BCUT2D eigenvalue weighted by atomic mass is 10.0. The second kappa shape index (κ2) is 70.8. The van der Waals surface area contributed by atoms with E-state index < -0.39 is 12.1 Å². The number of nitrogens with one attached hydrogen (secondary N) is 1. The normalized spacial score (nSPS) is 12.6. The SMILES string of the molecule is CCCCCCCCCCCCCCCCCCCCCC(=O)OCCCCCCCCCCC/C=C\C/C=C\CCCCCCCCCCCCCCCCCC(=O)NC(CO)C(O)CCCCCCCCCCCCCCCC. The number of carbonyl (C=O) groups is 2. The van der Waals surface area contributed by atoms with Crippen molar-refractivity contribution in [3.63, 3.8) is 0 Å². The van der Waals surface area contributed by atoms with E-state index in [1.165, 1.54) is 340 Å². The number of carbonyl (C=O) groups excluding carboxylic acids is 2. The second-order valence-electron chi connectivity index (χ2n) is 25.6. The van der Waals surface area contributed by atoms with Crippen molar-refractivity contribution in [2.75, 3.05) is 13.2 Å². The summed E-state index contributed by atoms with van der Waals surface area (Å²) in [4.78, 5) is 24.6. The fraction of sp³-hybridized carbons (Fsp3) is 0.920. The average Bonchev–Trinajstić information content (AvgIpc) is 3.47. The molecule has 6 heteroatoms. The first kappa shape index (κ1) is 79.3. The van der Waals surface area contributed by atoms with Crippen LogP contribution >= 0.6 is 0 Å². The lowest BCUT2D eigenvalue weighted by Crippen LogP contribution is -2.45. The molecule has 0 aromatic rings. The molecule has 0 radical (unpaired) electrons. The molecule has 0 aliphatic rings. The van der Waals surface area contributed by atoms with Gasteiger partial charge in [0, 0.05) is 12.8 Å². The van der Waals surface area contributed by atoms with Crippen LogP contribution in [0.5, 0.6) is 0 Å². The number of amides is 1. The van der Waals surface area contributed by atoms with Crippen LogP contribution in [0.15, 0.2) is 24.3 Å². The number of ether oxygens (including phenoxy) is 1. The minimum atomic E-state index is -0.663. The van der Waals surface area contributed by atoms with Crippen molar-refractivity contribution in [2.24, 2.45) is 0 Å². The number of hydrogen-bond acceptors (Lipinski definition) is 5. The van der Waals surface area contributed by atoms with Gasteiger partial charge in [0.25, 0.3) is 0 Å². The molecular formula is C75H145NO5. The highest BCUT2D eigenvalue weighted by Gasteiger charge is 2.20. The number of unbranched alkanes of at least 4 members (excludes halogenated alkanes) is 55. The molecule has 480 valence electrons. The van der Waals surface area contributed by atoms with Gasteiger partial charge in [-0.2, -0.15) is 0 Å². The summed E-state index contributed by atoms with van der Waals surface area (Å²) in [5.41, 5.74) is 0. The maximum absolute atomic E-state index is 12.5. The van der Waals surface area contributed by atoms with Gasteiger partial charge in [-0.25, -0.2) is 0 Å². The molecule has 0 aromatic carbocycles. The standard InChI is InChI=1S/C75H145NO5/c1-3-5-7-9-11-13-15-17-19-20-34-38-41-45-49-53-57-61-65-69-75(80)81-70-66-62-58-54-50-46-42-39-36-33-31-29-27-25-23-21-22-24-26-28-30-32-35-37-40-44-48-52-56-60-64-68-74(79)76-72(71-77)73(78)67-63-59-55-51-47-43-18-16-14-12-10-8-6-4-2/h23,25,29,31,72-73,77-78H,3-22,24,26-28,30,32-71H2,1-2H3,(H,76,79)/b25-23-,31-29-. The third-order valence-corrected chi connectivity index (χ3v) is 17.5. The monoisotopic (exact) mass is 1140 g/mol. The zero-order valence-corrected chi connectivity index (χ0v) is 55.0. The van der Waals surface area contributed by atoms with Crippen LogP contribution in [-0.4, -0.2) is 47.4 Å². The van der Waals surface area contributed by atoms with Crippen LogP contribution in [0.2, 0.25) is 0 Å². The van der Waals surface area contributed by atoms with Gasteiger partial charge < -0.3 is 20.3 Å². The van der Waals surface area contributed by atoms with Crippen LogP contribution in [0, 0.1) is 0 Å². The molecule has 2 unspecified atom stereocenters. The summed E-state index contributed by atoms with van der Waals surface area (Å²) in [7, 11) is 0. The van der Waals surface area contributed by atoms with Gasteiger partial charge in [0.05, 0.1) is 25.4 Å². The summed E-state index contributed by atoms with van der Waals surface area (Å²) in [6.07, 6.45) is 89.6. The Balaban J connectivity index is 3.36. The molecule has 0 heterocycles. The Morgan fingerprint density at radius 1 is 0.346 bits per heavy atom. The number of allylic oxidation sites excluding steroid dienone is 4. The molecule has 0 fully saturated rings. The van der Waals surface area contributed by atoms with Gasteiger partial charge in [0.1, 0.15) is 0 Å². The van der Waals surface area contributed by atoms with E-state index >= 15 is 0 Å². The molecule has 3 N–H and O–H groups in total. The van der Waals surface area contributed by atoms with E-state index in [0.29, 0.717) is 25.9 Å². The van der Waals surface area contributed by atoms with Gasteiger partial charge in [-0.3, -0.25) is 9.59 Å². The Morgan fingerprint density at radius 3 is 0.938 bits per heavy atom. The summed E-state index contributed by atoms with van der Waals surface area (Å²) in [5, 5.41) is 23.3. The summed E-state index contributed by atoms with van der Waals surface area (Å²) in [6.45, 7) is 4.99. The van der Waals surface area contributed by atoms with E-state index in [4.69, 9.17) is 4.74 Å². The molecule has 0 spiro atoms. The van der Waals surface area contributed by atoms with Gasteiger partial charge in [0.15, 0.2) is 0 Å². The first-order chi connectivity index (χ1) is 40.0. The van der Waals surface area contributed by atoms with Crippen molar-refractivity contribution >= 4 is 11.9 Å². The minimum absolute atomic E-state index is 0.0188. The van der Waals surface area contributed by atoms with Gasteiger partial charge in [-0.05, 0) is 57.8 Å². The highest BCUT2D eigenvalue weighted by molar-refractivity contribution is 5.76. The lowest BCUT2D eigenvalue weighted by molar-refractivity contribution is -0.143. The van der Waals surface area contributed by atoms with Crippen LogP contribution in [0.4, 0.5) is 0 Å². The van der Waals surface area contributed by atoms with E-state index in [-0.39, 0.29) is 18.5 Å². The van der Waals surface area contributed by atoms with Crippen molar-refractivity contribution in [3.05, 3.63) is 24.3 Å². The van der Waals surface area contributed by atoms with Crippen LogP contribution in [0.1, 0.15) is 418 Å². The zero-order valence-electron chi connectivity index (χ0n) is 55.0. The zero-order chi connectivity index (χ0) is 58.5. The molecule has 1 amide bonds. The molecule has 0 saturated carbocycles. The van der Waals surface area contributed by atoms with Crippen molar-refractivity contribution in [2.45, 2.75) is 431 Å². The Bertz CT molecular complexity index is 1270. The highest BCUT2D eigenvalue weighted by Crippen LogP contribution is 2.19. The first-order valence-corrected chi connectivity index (χ1v) is 37.1. The van der Waals surface area contributed by atoms with E-state index in [0.717, 1.165) is 44.9 Å². The third kappa shape index (κ3) is 67.3. The predicted molar refractivity (Wildman–Crippen MR) is 356 cm³/mol. The summed E-state index contributed by atoms with van der Waals surface area (Å²) in [6, 6.07) is -0.540. The number of hydrogen-bond donors (Lipinski definition) is 3. The van der Waals surface area contributed by atoms with Gasteiger partial charge in [-0.1, -0.05) is 372 Å². The van der Waals surface area contributed by atoms with Gasteiger partial charge in [0.2, 0.25) is 5.91 Å². The predicted octanol–water partition coefficient (Wildman–Crippen LogP) is 24.1. The Labute approximate surface area is 507 Å². The summed E-state index contributed by atoms with van der Waals surface area (Å²) < 4.78 is 5.51. The van der Waals surface area contributed by atoms with Gasteiger partial charge >= 0.3 is 5.97 Å². The molecular weight excluding hydrogens is 995 g/mol. The van der Waals surface area contributed by atoms with Crippen LogP contribution in [0.25, 0.3) is 0 Å². The molecule has 0 aliphatic heterocycles. The fourth-order valence-corrected chi connectivity index (χ4v) is 11.9. The largest absolute Gasteiger partial charge is 0.466 e. The highest BCUT2D eigenvalue weighted by atomic mass is 16.5. The number of aliphatic hydroxyl groups is 2. The maximum Gasteiger partial charge on any atom is 0.305 e. The Hall–Kier alpha value is -1.66. The van der Waals surface area contributed by atoms with Crippen LogP contribution < -0.4 is 5.32 Å². The Kier molecular flexibility index (Phi) is 69.4. The van der Waals surface area contributed by atoms with E-state index in [1.54, 1.807) is 0 Å². The molecule has 0 aromatic heterocycles. The molecule has 0 rings (SSSR count). The molecule has 0 aliphatic carbocycles. The quantitative estimate of drug-likeness (QED) is 0.0320. The summed E-state index contributed by atoms with van der Waals surface area (Å²) >= 11 is 0. The summed E-state index contributed by atoms with van der Waals surface area (Å²) in [5.74, 6) is -0.0129. The van der Waals surface area contributed by atoms with Crippen molar-refractivity contribution in [1.29, 1.82) is 0 Å². The molecule has 81 heavy (non-hydrogen) atoms. The third-order valence-electron chi connectivity index (χ3n) is 17.5. The molecule has 2 atom stereocenters. The Morgan fingerprint density at radius 2 is 0.617 bits per heavy atom. The maximum atomic E-state index is 12.5. The smallest absolute Gasteiger partial charge is 0.305 e. The molecule has 0 saturated heterocycles. The van der Waals surface area contributed by atoms with Crippen molar-refractivity contribution < 1.29 is 24.5 Å². The van der Waals surface area contributed by atoms with Crippen molar-refractivity contribution in [1.82, 2.24) is 5.32 Å². The average molecular weight is 1140 g/mol. The van der Waals surface area contributed by atoms with E-state index in [9.17, 15) is 19.8 Å². The number of esters is 1. The second-order valence-corrected chi connectivity index (χ2v) is 25.6. The van der Waals surface area contributed by atoms with Crippen LogP contribution in [0.3, 0.4) is 0 Å². The number of rotatable bonds is 70. The first-order valence-electron chi connectivity index (χ1n) is 37.1. The molecule has 6 nitrogen and oxygen atoms in total. The lowest BCUT2D eigenvalue weighted by Gasteiger charge is -2.22. The minimum Gasteiger partial charge on any atom is -0.466 e. The van der Waals surface area contributed by atoms with Crippen molar-refractivity contribution in [3.8, 4) is 0 Å².